The van der Waals surface area contributed by atoms with Crippen molar-refractivity contribution in [2.45, 2.75) is 56.4 Å². The van der Waals surface area contributed by atoms with Crippen LogP contribution in [0.1, 0.15) is 45.1 Å². The van der Waals surface area contributed by atoms with Crippen LogP contribution in [0.25, 0.3) is 0 Å². The average molecular weight is 370 g/mol. The van der Waals surface area contributed by atoms with Crippen molar-refractivity contribution in [3.05, 3.63) is 29.8 Å². The standard InChI is InChI=1S/C17H26N2O5S/c1-4-17(5-2,12-16(21)22)19-15(20)11-8-13-6-9-14(10-7-13)25(23,24)18-3/h6-7,9-10,18H,4-5,8,11-12H2,1-3H3,(H,19,20)(H,21,22). The fraction of sp³-hybridized carbons (Fsp3) is 0.529. The molecule has 0 fully saturated rings. The summed E-state index contributed by atoms with van der Waals surface area (Å²) in [5.41, 5.74) is 0.107. The minimum atomic E-state index is -3.47. The fourth-order valence-electron chi connectivity index (χ4n) is 2.58. The molecule has 3 N–H and O–H groups in total. The van der Waals surface area contributed by atoms with Crippen LogP contribution in [0.15, 0.2) is 29.2 Å². The number of carboxylic acid groups (broad SMARTS) is 1. The summed E-state index contributed by atoms with van der Waals surface area (Å²) in [7, 11) is -2.13. The Labute approximate surface area is 148 Å². The van der Waals surface area contributed by atoms with E-state index in [2.05, 4.69) is 10.0 Å². The topological polar surface area (TPSA) is 113 Å². The highest BCUT2D eigenvalue weighted by Crippen LogP contribution is 2.20. The molecule has 0 aliphatic heterocycles. The summed E-state index contributed by atoms with van der Waals surface area (Å²) in [5, 5.41) is 11.9. The van der Waals surface area contributed by atoms with Gasteiger partial charge in [0, 0.05) is 12.0 Å². The van der Waals surface area contributed by atoms with Crippen molar-refractivity contribution in [3.63, 3.8) is 0 Å². The monoisotopic (exact) mass is 370 g/mol. The van der Waals surface area contributed by atoms with Gasteiger partial charge in [0.2, 0.25) is 15.9 Å². The second kappa shape index (κ2) is 8.96. The van der Waals surface area contributed by atoms with Crippen molar-refractivity contribution < 1.29 is 23.1 Å². The van der Waals surface area contributed by atoms with E-state index < -0.39 is 21.5 Å². The molecule has 1 rings (SSSR count). The number of nitrogens with one attached hydrogen (secondary N) is 2. The Kier molecular flexibility index (Phi) is 7.57. The predicted octanol–water partition coefficient (Wildman–Crippen LogP) is 1.68. The summed E-state index contributed by atoms with van der Waals surface area (Å²) in [6.45, 7) is 3.71. The van der Waals surface area contributed by atoms with E-state index in [1.165, 1.54) is 19.2 Å². The van der Waals surface area contributed by atoms with Crippen LogP contribution in [0.4, 0.5) is 0 Å². The van der Waals surface area contributed by atoms with Crippen LogP contribution < -0.4 is 10.0 Å². The zero-order valence-electron chi connectivity index (χ0n) is 14.8. The molecule has 8 heteroatoms. The first kappa shape index (κ1) is 21.1. The number of carbonyl (C=O) groups is 2. The van der Waals surface area contributed by atoms with Gasteiger partial charge in [-0.1, -0.05) is 26.0 Å². The molecule has 0 bridgehead atoms. The molecule has 0 aliphatic carbocycles. The quantitative estimate of drug-likeness (QED) is 0.580. The van der Waals surface area contributed by atoms with Crippen LogP contribution >= 0.6 is 0 Å². The highest BCUT2D eigenvalue weighted by atomic mass is 32.2. The van der Waals surface area contributed by atoms with Gasteiger partial charge < -0.3 is 10.4 Å². The van der Waals surface area contributed by atoms with Gasteiger partial charge in [-0.25, -0.2) is 13.1 Å². The Hall–Kier alpha value is -1.93. The molecule has 25 heavy (non-hydrogen) atoms. The highest BCUT2D eigenvalue weighted by Gasteiger charge is 2.30. The molecule has 0 aromatic heterocycles. The van der Waals surface area contributed by atoms with Crippen LogP contribution in [-0.2, 0) is 26.0 Å². The number of benzene rings is 1. The number of amides is 1. The third-order valence-corrected chi connectivity index (χ3v) is 5.82. The highest BCUT2D eigenvalue weighted by molar-refractivity contribution is 7.89. The van der Waals surface area contributed by atoms with Gasteiger partial charge in [0.15, 0.2) is 0 Å². The summed E-state index contributed by atoms with van der Waals surface area (Å²) < 4.78 is 25.6. The van der Waals surface area contributed by atoms with Gasteiger partial charge in [-0.2, -0.15) is 0 Å². The summed E-state index contributed by atoms with van der Waals surface area (Å²) in [4.78, 5) is 23.4. The first-order chi connectivity index (χ1) is 11.7. The van der Waals surface area contributed by atoms with E-state index in [-0.39, 0.29) is 23.6 Å². The Morgan fingerprint density at radius 3 is 2.12 bits per heavy atom. The van der Waals surface area contributed by atoms with E-state index in [0.717, 1.165) is 5.56 Å². The smallest absolute Gasteiger partial charge is 0.305 e. The molecule has 0 heterocycles. The Morgan fingerprint density at radius 2 is 1.68 bits per heavy atom. The van der Waals surface area contributed by atoms with E-state index in [4.69, 9.17) is 5.11 Å². The average Bonchev–Trinajstić information content (AvgIpc) is 2.59. The fourth-order valence-corrected chi connectivity index (χ4v) is 3.31. The summed E-state index contributed by atoms with van der Waals surface area (Å²) in [6, 6.07) is 6.32. The van der Waals surface area contributed by atoms with Crippen LogP contribution in [0, 0.1) is 0 Å². The van der Waals surface area contributed by atoms with Gasteiger partial charge in [-0.15, -0.1) is 0 Å². The normalized spacial score (nSPS) is 12.0. The third-order valence-electron chi connectivity index (χ3n) is 4.39. The van der Waals surface area contributed by atoms with E-state index in [9.17, 15) is 18.0 Å². The number of carbonyl (C=O) groups excluding carboxylic acids is 1. The Bertz CT molecular complexity index is 694. The van der Waals surface area contributed by atoms with Gasteiger partial charge in [0.05, 0.1) is 11.3 Å². The third kappa shape index (κ3) is 6.13. The number of rotatable bonds is 10. The van der Waals surface area contributed by atoms with E-state index >= 15 is 0 Å². The lowest BCUT2D eigenvalue weighted by molar-refractivity contribution is -0.139. The molecule has 0 saturated carbocycles. The number of hydrogen-bond donors (Lipinski definition) is 3. The second-order valence-electron chi connectivity index (χ2n) is 5.96. The molecule has 0 aliphatic rings. The minimum absolute atomic E-state index is 0.109. The molecule has 0 spiro atoms. The molecule has 0 atom stereocenters. The van der Waals surface area contributed by atoms with Crippen LogP contribution in [0.2, 0.25) is 0 Å². The minimum Gasteiger partial charge on any atom is -0.481 e. The van der Waals surface area contributed by atoms with Crippen LogP contribution in [0.3, 0.4) is 0 Å². The van der Waals surface area contributed by atoms with Gasteiger partial charge >= 0.3 is 5.97 Å². The van der Waals surface area contributed by atoms with Gasteiger partial charge in [-0.05, 0) is 44.0 Å². The van der Waals surface area contributed by atoms with Crippen molar-refractivity contribution in [3.8, 4) is 0 Å². The van der Waals surface area contributed by atoms with Crippen molar-refractivity contribution in [2.75, 3.05) is 7.05 Å². The van der Waals surface area contributed by atoms with Crippen LogP contribution in [-0.4, -0.2) is 38.0 Å². The number of aryl methyl sites for hydroxylation is 1. The lowest BCUT2D eigenvalue weighted by Crippen LogP contribution is -2.49. The molecule has 0 unspecified atom stereocenters. The molecule has 0 saturated heterocycles. The number of carboxylic acids is 1. The zero-order valence-corrected chi connectivity index (χ0v) is 15.6. The number of aliphatic carboxylic acids is 1. The molecule has 1 aromatic carbocycles. The van der Waals surface area contributed by atoms with Crippen molar-refractivity contribution in [1.82, 2.24) is 10.0 Å². The first-order valence-corrected chi connectivity index (χ1v) is 9.71. The maximum atomic E-state index is 12.2. The summed E-state index contributed by atoms with van der Waals surface area (Å²) in [6.07, 6.45) is 1.63. The Morgan fingerprint density at radius 1 is 1.12 bits per heavy atom. The SMILES string of the molecule is CCC(CC)(CC(=O)O)NC(=O)CCc1ccc(S(=O)(=O)NC)cc1. The van der Waals surface area contributed by atoms with Gasteiger partial charge in [-0.3, -0.25) is 9.59 Å². The largest absolute Gasteiger partial charge is 0.481 e. The zero-order chi connectivity index (χ0) is 19.1. The van der Waals surface area contributed by atoms with Crippen molar-refractivity contribution in [1.29, 1.82) is 0 Å². The maximum Gasteiger partial charge on any atom is 0.305 e. The second-order valence-corrected chi connectivity index (χ2v) is 7.84. The predicted molar refractivity (Wildman–Crippen MR) is 94.7 cm³/mol. The number of hydrogen-bond acceptors (Lipinski definition) is 4. The molecule has 7 nitrogen and oxygen atoms in total. The molecular formula is C17H26N2O5S. The summed E-state index contributed by atoms with van der Waals surface area (Å²) >= 11 is 0. The molecule has 0 radical (unpaired) electrons. The van der Waals surface area contributed by atoms with E-state index in [0.29, 0.717) is 19.3 Å². The Balaban J connectivity index is 2.68. The van der Waals surface area contributed by atoms with Crippen LogP contribution in [0.5, 0.6) is 0 Å². The van der Waals surface area contributed by atoms with Gasteiger partial charge in [0.1, 0.15) is 0 Å². The number of sulfonamides is 1. The van der Waals surface area contributed by atoms with E-state index in [1.54, 1.807) is 12.1 Å². The van der Waals surface area contributed by atoms with E-state index in [1.807, 2.05) is 13.8 Å². The summed E-state index contributed by atoms with van der Waals surface area (Å²) in [5.74, 6) is -1.15. The lowest BCUT2D eigenvalue weighted by atomic mass is 9.88. The van der Waals surface area contributed by atoms with Gasteiger partial charge in [0.25, 0.3) is 0 Å². The molecular weight excluding hydrogens is 344 g/mol. The first-order valence-electron chi connectivity index (χ1n) is 8.23. The van der Waals surface area contributed by atoms with Crippen molar-refractivity contribution >= 4 is 21.9 Å². The maximum absolute atomic E-state index is 12.2. The lowest BCUT2D eigenvalue weighted by Gasteiger charge is -2.31. The molecule has 1 amide bonds. The van der Waals surface area contributed by atoms with Crippen molar-refractivity contribution in [2.24, 2.45) is 0 Å². The molecule has 1 aromatic rings. The molecule has 140 valence electrons.